The van der Waals surface area contributed by atoms with Crippen LogP contribution in [0.15, 0.2) is 42.5 Å². The van der Waals surface area contributed by atoms with E-state index >= 15 is 0 Å². The Morgan fingerprint density at radius 3 is 2.59 bits per heavy atom. The number of fused-ring (bicyclic) bond motifs is 1. The van der Waals surface area contributed by atoms with E-state index in [0.29, 0.717) is 11.4 Å². The highest BCUT2D eigenvalue weighted by Crippen LogP contribution is 2.22. The molecule has 0 bridgehead atoms. The van der Waals surface area contributed by atoms with E-state index < -0.39 is 43.2 Å². The minimum atomic E-state index is -1.59. The van der Waals surface area contributed by atoms with Crippen molar-refractivity contribution in [2.45, 2.75) is 30.6 Å². The number of hydrogen-bond donors (Lipinski definition) is 6. The number of rotatable bonds is 4. The number of nitrogens with zero attached hydrogens (tertiary/aromatic N) is 2. The number of aliphatic hydroxyl groups is 4. The Morgan fingerprint density at radius 2 is 1.83 bits per heavy atom. The van der Waals surface area contributed by atoms with Crippen LogP contribution in [0.3, 0.4) is 0 Å². The van der Waals surface area contributed by atoms with Gasteiger partial charge in [-0.2, -0.15) is 5.10 Å². The van der Waals surface area contributed by atoms with E-state index in [0.717, 1.165) is 10.8 Å². The van der Waals surface area contributed by atoms with Crippen LogP contribution < -0.4 is 5.32 Å². The number of aliphatic hydroxyl groups excluding tert-OH is 4. The van der Waals surface area contributed by atoms with Gasteiger partial charge in [-0.15, -0.1) is 0 Å². The highest BCUT2D eigenvalue weighted by Gasteiger charge is 2.44. The van der Waals surface area contributed by atoms with Crippen LogP contribution in [0, 0.1) is 0 Å². The average molecular weight is 400 g/mol. The number of carbonyl (C=O) groups is 1. The van der Waals surface area contributed by atoms with Crippen LogP contribution in [0.25, 0.3) is 22.2 Å². The van der Waals surface area contributed by atoms with Crippen molar-refractivity contribution in [1.82, 2.24) is 20.5 Å². The summed E-state index contributed by atoms with van der Waals surface area (Å²) in [6.45, 7) is -0.592. The van der Waals surface area contributed by atoms with Crippen LogP contribution in [-0.4, -0.2) is 78.8 Å². The lowest BCUT2D eigenvalue weighted by molar-refractivity contribution is -0.233. The van der Waals surface area contributed by atoms with Gasteiger partial charge in [0.1, 0.15) is 24.4 Å². The molecule has 152 valence electrons. The SMILES string of the molecule is O=C(N[C@@H]1O[C@H](CO)[C@@H](O)[C@H](O)[C@H]1O)c1nc(-c2ccc3ccccc3c2)n[nH]1. The molecule has 5 atom stereocenters. The number of aromatic amines is 1. The minimum Gasteiger partial charge on any atom is -0.394 e. The van der Waals surface area contributed by atoms with Crippen LogP contribution >= 0.6 is 0 Å². The molecule has 10 heteroatoms. The quantitative estimate of drug-likeness (QED) is 0.330. The summed E-state index contributed by atoms with van der Waals surface area (Å²) in [5.74, 6) is -0.534. The van der Waals surface area contributed by atoms with Gasteiger partial charge in [0.05, 0.1) is 6.61 Å². The average Bonchev–Trinajstić information content (AvgIpc) is 3.24. The number of ether oxygens (including phenoxy) is 1. The summed E-state index contributed by atoms with van der Waals surface area (Å²) >= 11 is 0. The van der Waals surface area contributed by atoms with Crippen molar-refractivity contribution < 1.29 is 30.0 Å². The van der Waals surface area contributed by atoms with Crippen molar-refractivity contribution in [3.63, 3.8) is 0 Å². The highest BCUT2D eigenvalue weighted by atomic mass is 16.6. The monoisotopic (exact) mass is 400 g/mol. The van der Waals surface area contributed by atoms with Gasteiger partial charge in [-0.05, 0) is 16.8 Å². The summed E-state index contributed by atoms with van der Waals surface area (Å²) in [4.78, 5) is 16.6. The van der Waals surface area contributed by atoms with Gasteiger partial charge in [0, 0.05) is 5.56 Å². The molecule has 29 heavy (non-hydrogen) atoms. The second-order valence-corrected chi connectivity index (χ2v) is 6.79. The van der Waals surface area contributed by atoms with E-state index in [2.05, 4.69) is 20.5 Å². The van der Waals surface area contributed by atoms with E-state index in [1.165, 1.54) is 0 Å². The molecular weight excluding hydrogens is 380 g/mol. The summed E-state index contributed by atoms with van der Waals surface area (Å²) < 4.78 is 5.26. The molecule has 3 aromatic rings. The Morgan fingerprint density at radius 1 is 1.07 bits per heavy atom. The van der Waals surface area contributed by atoms with Crippen LogP contribution in [-0.2, 0) is 4.74 Å². The van der Waals surface area contributed by atoms with Crippen molar-refractivity contribution in [2.24, 2.45) is 0 Å². The molecule has 1 aromatic heterocycles. The first-order chi connectivity index (χ1) is 14.0. The van der Waals surface area contributed by atoms with Gasteiger partial charge >= 0.3 is 0 Å². The predicted octanol–water partition coefficient (Wildman–Crippen LogP) is -0.845. The zero-order valence-electron chi connectivity index (χ0n) is 15.1. The standard InChI is InChI=1S/C19H20N4O6/c24-8-12-13(25)14(26)15(27)19(29-12)21-18(28)17-20-16(22-23-17)11-6-5-9-3-1-2-4-10(9)7-11/h1-7,12-15,19,24-27H,8H2,(H,21,28)(H,20,22,23)/t12-,13-,14+,15-,19-/m1/s1. The maximum Gasteiger partial charge on any atom is 0.290 e. The zero-order valence-corrected chi connectivity index (χ0v) is 15.1. The van der Waals surface area contributed by atoms with Crippen LogP contribution in [0.2, 0.25) is 0 Å². The van der Waals surface area contributed by atoms with Crippen molar-refractivity contribution >= 4 is 16.7 Å². The smallest absolute Gasteiger partial charge is 0.290 e. The molecule has 1 aliphatic heterocycles. The molecule has 0 saturated carbocycles. The zero-order chi connectivity index (χ0) is 20.5. The predicted molar refractivity (Wildman–Crippen MR) is 101 cm³/mol. The third kappa shape index (κ3) is 3.71. The molecule has 0 aliphatic carbocycles. The van der Waals surface area contributed by atoms with Crippen molar-refractivity contribution in [3.8, 4) is 11.4 Å². The molecule has 10 nitrogen and oxygen atoms in total. The molecule has 1 aliphatic rings. The van der Waals surface area contributed by atoms with Gasteiger partial charge in [-0.3, -0.25) is 9.89 Å². The summed E-state index contributed by atoms with van der Waals surface area (Å²) in [5.41, 5.74) is 0.715. The summed E-state index contributed by atoms with van der Waals surface area (Å²) in [7, 11) is 0. The van der Waals surface area contributed by atoms with Gasteiger partial charge in [0.15, 0.2) is 12.1 Å². The van der Waals surface area contributed by atoms with E-state index in [1.54, 1.807) is 0 Å². The first-order valence-electron chi connectivity index (χ1n) is 9.01. The lowest BCUT2D eigenvalue weighted by Gasteiger charge is -2.39. The fourth-order valence-corrected chi connectivity index (χ4v) is 3.24. The van der Waals surface area contributed by atoms with Crippen LogP contribution in [0.4, 0.5) is 0 Å². The fraction of sp³-hybridized carbons (Fsp3) is 0.316. The maximum atomic E-state index is 12.5. The minimum absolute atomic E-state index is 0.120. The largest absolute Gasteiger partial charge is 0.394 e. The third-order valence-corrected chi connectivity index (χ3v) is 4.87. The van der Waals surface area contributed by atoms with E-state index in [1.807, 2.05) is 42.5 Å². The first kappa shape index (κ1) is 19.4. The Kier molecular flexibility index (Phi) is 5.26. The molecule has 0 unspecified atom stereocenters. The second kappa shape index (κ2) is 7.85. The number of H-pyrrole nitrogens is 1. The van der Waals surface area contributed by atoms with Crippen molar-refractivity contribution in [1.29, 1.82) is 0 Å². The molecule has 2 aromatic carbocycles. The number of hydrogen-bond acceptors (Lipinski definition) is 8. The second-order valence-electron chi connectivity index (χ2n) is 6.79. The van der Waals surface area contributed by atoms with E-state index in [-0.39, 0.29) is 5.82 Å². The number of nitrogens with one attached hydrogen (secondary N) is 2. The third-order valence-electron chi connectivity index (χ3n) is 4.87. The fourth-order valence-electron chi connectivity index (χ4n) is 3.24. The van der Waals surface area contributed by atoms with Crippen LogP contribution in [0.1, 0.15) is 10.6 Å². The van der Waals surface area contributed by atoms with Gasteiger partial charge in [0.2, 0.25) is 5.82 Å². The van der Waals surface area contributed by atoms with E-state index in [9.17, 15) is 25.2 Å². The van der Waals surface area contributed by atoms with Crippen molar-refractivity contribution in [2.75, 3.05) is 6.61 Å². The molecule has 0 spiro atoms. The molecular formula is C19H20N4O6. The number of aromatic nitrogens is 3. The Labute approximate surface area is 164 Å². The summed E-state index contributed by atoms with van der Waals surface area (Å²) in [6, 6.07) is 13.5. The number of carbonyl (C=O) groups excluding carboxylic acids is 1. The molecule has 0 radical (unpaired) electrons. The summed E-state index contributed by atoms with van der Waals surface area (Å²) in [5, 5.41) is 49.9. The molecule has 1 fully saturated rings. The highest BCUT2D eigenvalue weighted by molar-refractivity contribution is 5.91. The maximum absolute atomic E-state index is 12.5. The lowest BCUT2D eigenvalue weighted by atomic mass is 9.98. The number of amides is 1. The van der Waals surface area contributed by atoms with Gasteiger partial charge < -0.3 is 30.5 Å². The summed E-state index contributed by atoms with van der Waals surface area (Å²) in [6.07, 6.45) is -7.14. The lowest BCUT2D eigenvalue weighted by Crippen LogP contribution is -2.63. The van der Waals surface area contributed by atoms with Gasteiger partial charge in [-0.1, -0.05) is 36.4 Å². The van der Waals surface area contributed by atoms with E-state index in [4.69, 9.17) is 4.74 Å². The normalized spacial score (nSPS) is 27.1. The first-order valence-corrected chi connectivity index (χ1v) is 9.01. The molecule has 2 heterocycles. The topological polar surface area (TPSA) is 161 Å². The number of benzene rings is 2. The molecule has 6 N–H and O–H groups in total. The molecule has 4 rings (SSSR count). The molecule has 1 saturated heterocycles. The van der Waals surface area contributed by atoms with Gasteiger partial charge in [0.25, 0.3) is 5.91 Å². The Hall–Kier alpha value is -2.89. The van der Waals surface area contributed by atoms with Gasteiger partial charge in [-0.25, -0.2) is 4.98 Å². The Bertz CT molecular complexity index is 1020. The Balaban J connectivity index is 1.50. The van der Waals surface area contributed by atoms with Crippen molar-refractivity contribution in [3.05, 3.63) is 48.3 Å². The molecule has 1 amide bonds. The van der Waals surface area contributed by atoms with Crippen LogP contribution in [0.5, 0.6) is 0 Å².